The predicted molar refractivity (Wildman–Crippen MR) is 81.6 cm³/mol. The fourth-order valence-electron chi connectivity index (χ4n) is 1.80. The molecular weight excluding hydrogens is 282 g/mol. The van der Waals surface area contributed by atoms with Crippen LogP contribution in [0.5, 0.6) is 0 Å². The van der Waals surface area contributed by atoms with Crippen molar-refractivity contribution in [3.05, 3.63) is 66.0 Å². The smallest absolute Gasteiger partial charge is 0.303 e. The van der Waals surface area contributed by atoms with E-state index >= 15 is 0 Å². The molecule has 2 aromatic rings. The van der Waals surface area contributed by atoms with Crippen LogP contribution in [0.25, 0.3) is 0 Å². The standard InChI is InChI=1S/C16H15N3O3/c20-15(21)9-8-14(12-5-2-1-3-6-12)18-19-16(22)13-7-4-10-17-11-13/h1-7,10-11H,8-9H2,(H,19,22)(H,20,21)/b18-14-. The van der Waals surface area contributed by atoms with Crippen molar-refractivity contribution in [2.45, 2.75) is 12.8 Å². The summed E-state index contributed by atoms with van der Waals surface area (Å²) in [5.74, 6) is -1.31. The molecule has 0 atom stereocenters. The van der Waals surface area contributed by atoms with Gasteiger partial charge in [0.1, 0.15) is 0 Å². The number of nitrogens with zero attached hydrogens (tertiary/aromatic N) is 2. The number of carboxylic acid groups (broad SMARTS) is 1. The van der Waals surface area contributed by atoms with Crippen LogP contribution in [0.3, 0.4) is 0 Å². The van der Waals surface area contributed by atoms with Gasteiger partial charge in [-0.2, -0.15) is 5.10 Å². The van der Waals surface area contributed by atoms with Gasteiger partial charge >= 0.3 is 5.97 Å². The van der Waals surface area contributed by atoms with Crippen molar-refractivity contribution in [2.75, 3.05) is 0 Å². The van der Waals surface area contributed by atoms with Crippen molar-refractivity contribution in [2.24, 2.45) is 5.10 Å². The maximum Gasteiger partial charge on any atom is 0.303 e. The van der Waals surface area contributed by atoms with Gasteiger partial charge in [-0.05, 0) is 17.7 Å². The molecule has 0 fully saturated rings. The van der Waals surface area contributed by atoms with Crippen molar-refractivity contribution in [3.8, 4) is 0 Å². The van der Waals surface area contributed by atoms with Crippen LogP contribution in [0.15, 0.2) is 60.0 Å². The minimum Gasteiger partial charge on any atom is -0.481 e. The summed E-state index contributed by atoms with van der Waals surface area (Å²) in [6, 6.07) is 12.4. The van der Waals surface area contributed by atoms with Crippen LogP contribution in [0.2, 0.25) is 0 Å². The Labute approximate surface area is 127 Å². The molecule has 6 heteroatoms. The van der Waals surface area contributed by atoms with Gasteiger partial charge in [-0.1, -0.05) is 30.3 Å². The molecule has 0 aliphatic rings. The third-order valence-electron chi connectivity index (χ3n) is 2.90. The number of rotatable bonds is 6. The van der Waals surface area contributed by atoms with Gasteiger partial charge in [-0.15, -0.1) is 0 Å². The lowest BCUT2D eigenvalue weighted by molar-refractivity contribution is -0.136. The van der Waals surface area contributed by atoms with Gasteiger partial charge < -0.3 is 5.11 Å². The van der Waals surface area contributed by atoms with Gasteiger partial charge in [-0.25, -0.2) is 5.43 Å². The van der Waals surface area contributed by atoms with Gasteiger partial charge in [0.2, 0.25) is 0 Å². The zero-order chi connectivity index (χ0) is 15.8. The summed E-state index contributed by atoms with van der Waals surface area (Å²) in [7, 11) is 0. The molecule has 0 bridgehead atoms. The number of carboxylic acids is 1. The van der Waals surface area contributed by atoms with Gasteiger partial charge in [0.25, 0.3) is 5.91 Å². The quantitative estimate of drug-likeness (QED) is 0.630. The molecule has 1 amide bonds. The highest BCUT2D eigenvalue weighted by atomic mass is 16.4. The molecule has 0 aliphatic carbocycles. The first-order chi connectivity index (χ1) is 10.7. The summed E-state index contributed by atoms with van der Waals surface area (Å²) < 4.78 is 0. The Hall–Kier alpha value is -3.02. The molecule has 1 heterocycles. The molecule has 2 rings (SSSR count). The van der Waals surface area contributed by atoms with E-state index < -0.39 is 11.9 Å². The third-order valence-corrected chi connectivity index (χ3v) is 2.90. The van der Waals surface area contributed by atoms with E-state index in [1.165, 1.54) is 6.20 Å². The molecule has 112 valence electrons. The van der Waals surface area contributed by atoms with Crippen LogP contribution < -0.4 is 5.43 Å². The predicted octanol–water partition coefficient (Wildman–Crippen LogP) is 2.08. The maximum atomic E-state index is 11.9. The zero-order valence-electron chi connectivity index (χ0n) is 11.8. The Morgan fingerprint density at radius 2 is 1.77 bits per heavy atom. The molecule has 22 heavy (non-hydrogen) atoms. The maximum absolute atomic E-state index is 11.9. The van der Waals surface area contributed by atoms with Gasteiger partial charge in [-0.3, -0.25) is 14.6 Å². The molecule has 1 aromatic heterocycles. The van der Waals surface area contributed by atoms with E-state index in [-0.39, 0.29) is 12.8 Å². The highest BCUT2D eigenvalue weighted by molar-refractivity contribution is 6.03. The van der Waals surface area contributed by atoms with E-state index in [1.807, 2.05) is 30.3 Å². The fourth-order valence-corrected chi connectivity index (χ4v) is 1.80. The summed E-state index contributed by atoms with van der Waals surface area (Å²) in [5, 5.41) is 12.9. The van der Waals surface area contributed by atoms with E-state index in [9.17, 15) is 9.59 Å². The molecule has 0 spiro atoms. The van der Waals surface area contributed by atoms with E-state index in [0.717, 1.165) is 5.56 Å². The highest BCUT2D eigenvalue weighted by Gasteiger charge is 2.09. The molecule has 1 aromatic carbocycles. The normalized spacial score (nSPS) is 11.0. The molecule has 0 aliphatic heterocycles. The lowest BCUT2D eigenvalue weighted by Crippen LogP contribution is -2.20. The number of pyridine rings is 1. The van der Waals surface area contributed by atoms with Crippen LogP contribution in [-0.2, 0) is 4.79 Å². The first-order valence-corrected chi connectivity index (χ1v) is 6.71. The molecular formula is C16H15N3O3. The molecule has 6 nitrogen and oxygen atoms in total. The second kappa shape index (κ2) is 7.68. The second-order valence-electron chi connectivity index (χ2n) is 4.50. The largest absolute Gasteiger partial charge is 0.481 e. The van der Waals surface area contributed by atoms with Crippen LogP contribution in [0.1, 0.15) is 28.8 Å². The van der Waals surface area contributed by atoms with Crippen molar-refractivity contribution in [1.82, 2.24) is 10.4 Å². The first kappa shape index (κ1) is 15.4. The molecule has 0 saturated heterocycles. The van der Waals surface area contributed by atoms with Crippen molar-refractivity contribution in [3.63, 3.8) is 0 Å². The zero-order valence-corrected chi connectivity index (χ0v) is 11.8. The topological polar surface area (TPSA) is 91.6 Å². The van der Waals surface area contributed by atoms with Crippen LogP contribution >= 0.6 is 0 Å². The first-order valence-electron chi connectivity index (χ1n) is 6.71. The monoisotopic (exact) mass is 297 g/mol. The summed E-state index contributed by atoms with van der Waals surface area (Å²) >= 11 is 0. The summed E-state index contributed by atoms with van der Waals surface area (Å²) in [6.45, 7) is 0. The van der Waals surface area contributed by atoms with Crippen molar-refractivity contribution in [1.29, 1.82) is 0 Å². The molecule has 0 radical (unpaired) electrons. The Kier molecular flexibility index (Phi) is 5.37. The van der Waals surface area contributed by atoms with E-state index in [1.54, 1.807) is 18.3 Å². The van der Waals surface area contributed by atoms with Crippen molar-refractivity contribution >= 4 is 17.6 Å². The van der Waals surface area contributed by atoms with Crippen molar-refractivity contribution < 1.29 is 14.7 Å². The number of amides is 1. The Morgan fingerprint density at radius 1 is 1.05 bits per heavy atom. The Bertz CT molecular complexity index is 670. The number of benzene rings is 1. The van der Waals surface area contributed by atoms with E-state index in [2.05, 4.69) is 15.5 Å². The van der Waals surface area contributed by atoms with Gasteiger partial charge in [0, 0.05) is 18.8 Å². The average molecular weight is 297 g/mol. The highest BCUT2D eigenvalue weighted by Crippen LogP contribution is 2.07. The Balaban J connectivity index is 2.14. The minimum atomic E-state index is -0.915. The lowest BCUT2D eigenvalue weighted by Gasteiger charge is -2.06. The number of hydrazone groups is 1. The van der Waals surface area contributed by atoms with Gasteiger partial charge in [0.15, 0.2) is 0 Å². The van der Waals surface area contributed by atoms with Crippen LogP contribution in [0.4, 0.5) is 0 Å². The minimum absolute atomic E-state index is 0.0590. The summed E-state index contributed by atoms with van der Waals surface area (Å²) in [4.78, 5) is 26.6. The molecule has 0 saturated carbocycles. The van der Waals surface area contributed by atoms with Gasteiger partial charge in [0.05, 0.1) is 17.7 Å². The fraction of sp³-hybridized carbons (Fsp3) is 0.125. The summed E-state index contributed by atoms with van der Waals surface area (Å²) in [5.41, 5.74) is 4.11. The number of aromatic nitrogens is 1. The number of carbonyl (C=O) groups is 2. The number of nitrogens with one attached hydrogen (secondary N) is 1. The van der Waals surface area contributed by atoms with E-state index in [4.69, 9.17) is 5.11 Å². The molecule has 0 unspecified atom stereocenters. The number of hydrogen-bond donors (Lipinski definition) is 2. The third kappa shape index (κ3) is 4.52. The molecule has 2 N–H and O–H groups in total. The summed E-state index contributed by atoms with van der Waals surface area (Å²) in [6.07, 6.45) is 3.18. The lowest BCUT2D eigenvalue weighted by atomic mass is 10.1. The number of carbonyl (C=O) groups excluding carboxylic acids is 1. The van der Waals surface area contributed by atoms with Crippen LogP contribution in [0, 0.1) is 0 Å². The Morgan fingerprint density at radius 3 is 2.41 bits per heavy atom. The number of aliphatic carboxylic acids is 1. The van der Waals surface area contributed by atoms with E-state index in [0.29, 0.717) is 11.3 Å². The van der Waals surface area contributed by atoms with Crippen LogP contribution in [-0.4, -0.2) is 27.7 Å². The number of hydrogen-bond acceptors (Lipinski definition) is 4. The SMILES string of the molecule is O=C(O)CC/C(=N/NC(=O)c1cccnc1)c1ccccc1. The second-order valence-corrected chi connectivity index (χ2v) is 4.50. The average Bonchev–Trinajstić information content (AvgIpc) is 2.56.